The monoisotopic (exact) mass is 438 g/mol. The largest absolute Gasteiger partial charge is 0.449 e. The molecule has 0 atom stereocenters. The quantitative estimate of drug-likeness (QED) is 0.368. The molecule has 0 radical (unpaired) electrons. The first-order chi connectivity index (χ1) is 16.0. The maximum absolute atomic E-state index is 13.0. The SMILES string of the molecule is Cc1ccc(NC(=O)c2oc3ccccc3c2NC(=O)c2cc3ccccc3oc2=O)cc1. The van der Waals surface area contributed by atoms with Crippen molar-refractivity contribution >= 4 is 45.1 Å². The molecule has 0 aliphatic heterocycles. The van der Waals surface area contributed by atoms with Gasteiger partial charge in [-0.05, 0) is 43.3 Å². The number of carbonyl (C=O) groups is 2. The van der Waals surface area contributed by atoms with Crippen molar-refractivity contribution in [3.05, 3.63) is 106 Å². The van der Waals surface area contributed by atoms with Gasteiger partial charge in [-0.3, -0.25) is 9.59 Å². The van der Waals surface area contributed by atoms with Gasteiger partial charge in [-0.2, -0.15) is 0 Å². The van der Waals surface area contributed by atoms with E-state index in [1.807, 2.05) is 19.1 Å². The Hall–Kier alpha value is -4.65. The molecule has 33 heavy (non-hydrogen) atoms. The number of furan rings is 1. The zero-order valence-corrected chi connectivity index (χ0v) is 17.5. The molecule has 0 saturated heterocycles. The van der Waals surface area contributed by atoms with E-state index in [0.717, 1.165) is 5.56 Å². The number of anilines is 2. The number of carbonyl (C=O) groups excluding carboxylic acids is 2. The Balaban J connectivity index is 1.53. The molecule has 5 rings (SSSR count). The molecule has 7 nitrogen and oxygen atoms in total. The third-order valence-electron chi connectivity index (χ3n) is 5.24. The van der Waals surface area contributed by atoms with Gasteiger partial charge >= 0.3 is 5.63 Å². The first-order valence-electron chi connectivity index (χ1n) is 10.2. The molecular formula is C26H18N2O5. The summed E-state index contributed by atoms with van der Waals surface area (Å²) >= 11 is 0. The van der Waals surface area contributed by atoms with Gasteiger partial charge in [-0.15, -0.1) is 0 Å². The molecule has 0 spiro atoms. The number of amides is 2. The van der Waals surface area contributed by atoms with Gasteiger partial charge in [-0.25, -0.2) is 4.79 Å². The number of hydrogen-bond acceptors (Lipinski definition) is 5. The van der Waals surface area contributed by atoms with Crippen molar-refractivity contribution in [2.45, 2.75) is 6.92 Å². The topological polar surface area (TPSA) is 102 Å². The Bertz CT molecular complexity index is 1580. The van der Waals surface area contributed by atoms with Crippen molar-refractivity contribution in [1.82, 2.24) is 0 Å². The van der Waals surface area contributed by atoms with E-state index < -0.39 is 17.4 Å². The average molecular weight is 438 g/mol. The second-order valence-corrected chi connectivity index (χ2v) is 7.56. The van der Waals surface area contributed by atoms with Crippen LogP contribution in [0.3, 0.4) is 0 Å². The lowest BCUT2D eigenvalue weighted by molar-refractivity contribution is 0.0999. The van der Waals surface area contributed by atoms with Gasteiger partial charge in [0.1, 0.15) is 22.4 Å². The molecule has 2 heterocycles. The Morgan fingerprint density at radius 3 is 2.24 bits per heavy atom. The summed E-state index contributed by atoms with van der Waals surface area (Å²) in [7, 11) is 0. The van der Waals surface area contributed by atoms with Crippen molar-refractivity contribution in [2.24, 2.45) is 0 Å². The van der Waals surface area contributed by atoms with Crippen molar-refractivity contribution in [3.63, 3.8) is 0 Å². The lowest BCUT2D eigenvalue weighted by atomic mass is 10.1. The van der Waals surface area contributed by atoms with Crippen molar-refractivity contribution in [2.75, 3.05) is 10.6 Å². The van der Waals surface area contributed by atoms with Crippen LogP contribution < -0.4 is 16.3 Å². The summed E-state index contributed by atoms with van der Waals surface area (Å²) in [5.41, 5.74) is 1.66. The molecular weight excluding hydrogens is 420 g/mol. The van der Waals surface area contributed by atoms with Crippen LogP contribution >= 0.6 is 0 Å². The maximum Gasteiger partial charge on any atom is 0.349 e. The van der Waals surface area contributed by atoms with Crippen LogP contribution in [-0.2, 0) is 0 Å². The van der Waals surface area contributed by atoms with Gasteiger partial charge in [0.2, 0.25) is 5.76 Å². The van der Waals surface area contributed by atoms with Crippen LogP contribution in [0.25, 0.3) is 21.9 Å². The Labute approximate surface area is 187 Å². The number of hydrogen-bond donors (Lipinski definition) is 2. The molecule has 0 aliphatic carbocycles. The van der Waals surface area contributed by atoms with Gasteiger partial charge in [0.15, 0.2) is 0 Å². The zero-order chi connectivity index (χ0) is 22.9. The Morgan fingerprint density at radius 2 is 1.45 bits per heavy atom. The third kappa shape index (κ3) is 3.87. The van der Waals surface area contributed by atoms with E-state index in [-0.39, 0.29) is 17.0 Å². The summed E-state index contributed by atoms with van der Waals surface area (Å²) in [6, 6.07) is 22.6. The molecule has 3 aromatic carbocycles. The summed E-state index contributed by atoms with van der Waals surface area (Å²) in [6.07, 6.45) is 0. The van der Waals surface area contributed by atoms with Crippen LogP contribution in [0, 0.1) is 6.92 Å². The minimum Gasteiger partial charge on any atom is -0.449 e. The minimum absolute atomic E-state index is 0.0738. The summed E-state index contributed by atoms with van der Waals surface area (Å²) in [5.74, 6) is -1.31. The molecule has 162 valence electrons. The van der Waals surface area contributed by atoms with Gasteiger partial charge < -0.3 is 19.5 Å². The highest BCUT2D eigenvalue weighted by Crippen LogP contribution is 2.32. The molecule has 5 aromatic rings. The maximum atomic E-state index is 13.0. The predicted octanol–water partition coefficient (Wildman–Crippen LogP) is 5.35. The smallest absolute Gasteiger partial charge is 0.349 e. The lowest BCUT2D eigenvalue weighted by Crippen LogP contribution is -2.22. The fourth-order valence-corrected chi connectivity index (χ4v) is 3.56. The summed E-state index contributed by atoms with van der Waals surface area (Å²) < 4.78 is 11.0. The molecule has 0 bridgehead atoms. The second kappa shape index (κ2) is 8.12. The van der Waals surface area contributed by atoms with E-state index in [9.17, 15) is 14.4 Å². The van der Waals surface area contributed by atoms with Crippen molar-refractivity contribution < 1.29 is 18.4 Å². The number of fused-ring (bicyclic) bond motifs is 2. The number of nitrogens with one attached hydrogen (secondary N) is 2. The van der Waals surface area contributed by atoms with Crippen LogP contribution in [0.1, 0.15) is 26.5 Å². The van der Waals surface area contributed by atoms with E-state index in [0.29, 0.717) is 27.6 Å². The molecule has 0 fully saturated rings. The molecule has 0 saturated carbocycles. The summed E-state index contributed by atoms with van der Waals surface area (Å²) in [6.45, 7) is 1.95. The summed E-state index contributed by atoms with van der Waals surface area (Å²) in [5, 5.41) is 6.59. The van der Waals surface area contributed by atoms with Crippen LogP contribution in [0.4, 0.5) is 11.4 Å². The van der Waals surface area contributed by atoms with Gasteiger partial charge in [-0.1, -0.05) is 48.0 Å². The molecule has 0 unspecified atom stereocenters. The molecule has 2 aromatic heterocycles. The van der Waals surface area contributed by atoms with Gasteiger partial charge in [0, 0.05) is 16.5 Å². The van der Waals surface area contributed by atoms with Crippen LogP contribution in [0.2, 0.25) is 0 Å². The van der Waals surface area contributed by atoms with Gasteiger partial charge in [0.25, 0.3) is 11.8 Å². The molecule has 0 aliphatic rings. The van der Waals surface area contributed by atoms with E-state index >= 15 is 0 Å². The molecule has 2 amide bonds. The Morgan fingerprint density at radius 1 is 0.758 bits per heavy atom. The highest BCUT2D eigenvalue weighted by molar-refractivity contribution is 6.17. The number of rotatable bonds is 4. The molecule has 2 N–H and O–H groups in total. The Kier molecular flexibility index (Phi) is 4.99. The van der Waals surface area contributed by atoms with Crippen LogP contribution in [0.15, 0.2) is 92.5 Å². The fourth-order valence-electron chi connectivity index (χ4n) is 3.56. The predicted molar refractivity (Wildman–Crippen MR) is 126 cm³/mol. The highest BCUT2D eigenvalue weighted by atomic mass is 16.4. The van der Waals surface area contributed by atoms with Crippen molar-refractivity contribution in [1.29, 1.82) is 0 Å². The van der Waals surface area contributed by atoms with Crippen molar-refractivity contribution in [3.8, 4) is 0 Å². The van der Waals surface area contributed by atoms with E-state index in [4.69, 9.17) is 8.83 Å². The third-order valence-corrected chi connectivity index (χ3v) is 5.24. The standard InChI is InChI=1S/C26H18N2O5/c1-15-10-12-17(13-11-15)27-25(30)23-22(18-7-3-5-9-21(18)32-23)28-24(29)19-14-16-6-2-4-8-20(16)33-26(19)31/h2-14H,1H3,(H,27,30)(H,28,29). The van der Waals surface area contributed by atoms with E-state index in [1.165, 1.54) is 6.07 Å². The average Bonchev–Trinajstić information content (AvgIpc) is 3.18. The van der Waals surface area contributed by atoms with Gasteiger partial charge in [0.05, 0.1) is 0 Å². The van der Waals surface area contributed by atoms with Crippen LogP contribution in [-0.4, -0.2) is 11.8 Å². The highest BCUT2D eigenvalue weighted by Gasteiger charge is 2.24. The second-order valence-electron chi connectivity index (χ2n) is 7.56. The first-order valence-corrected chi connectivity index (χ1v) is 10.2. The lowest BCUT2D eigenvalue weighted by Gasteiger charge is -2.08. The fraction of sp³-hybridized carbons (Fsp3) is 0.0385. The first kappa shape index (κ1) is 20.3. The minimum atomic E-state index is -0.773. The van der Waals surface area contributed by atoms with E-state index in [1.54, 1.807) is 60.7 Å². The number of para-hydroxylation sites is 2. The number of aryl methyl sites for hydroxylation is 1. The van der Waals surface area contributed by atoms with Crippen LogP contribution in [0.5, 0.6) is 0 Å². The zero-order valence-electron chi connectivity index (χ0n) is 17.5. The molecule has 7 heteroatoms. The summed E-state index contributed by atoms with van der Waals surface area (Å²) in [4.78, 5) is 38.5. The number of benzene rings is 3. The van der Waals surface area contributed by atoms with E-state index in [2.05, 4.69) is 10.6 Å². The normalized spacial score (nSPS) is 10.9.